The fourth-order valence-electron chi connectivity index (χ4n) is 1.49. The van der Waals surface area contributed by atoms with Crippen LogP contribution >= 0.6 is 15.9 Å². The molecule has 0 aromatic heterocycles. The van der Waals surface area contributed by atoms with Gasteiger partial charge in [-0.1, -0.05) is 0 Å². The number of rotatable bonds is 4. The van der Waals surface area contributed by atoms with Gasteiger partial charge in [0.2, 0.25) is 0 Å². The van der Waals surface area contributed by atoms with Crippen molar-refractivity contribution in [3.63, 3.8) is 0 Å². The number of carbonyl (C=O) groups is 1. The van der Waals surface area contributed by atoms with Gasteiger partial charge in [0, 0.05) is 12.0 Å². The molecule has 15 heavy (non-hydrogen) atoms. The summed E-state index contributed by atoms with van der Waals surface area (Å²) in [5.41, 5.74) is 1.71. The Morgan fingerprint density at radius 2 is 2.27 bits per heavy atom. The predicted octanol–water partition coefficient (Wildman–Crippen LogP) is 2.60. The molecule has 0 aliphatic rings. The SMILES string of the molecule is COc1c(Br)cc(C)c(CCC=O)c1O. The molecule has 0 aliphatic carbocycles. The van der Waals surface area contributed by atoms with Gasteiger partial charge < -0.3 is 14.6 Å². The van der Waals surface area contributed by atoms with Crippen LogP contribution in [0.2, 0.25) is 0 Å². The zero-order valence-electron chi connectivity index (χ0n) is 8.71. The number of halogens is 1. The van der Waals surface area contributed by atoms with Gasteiger partial charge in [0.25, 0.3) is 0 Å². The molecule has 0 amide bonds. The van der Waals surface area contributed by atoms with E-state index in [1.807, 2.05) is 13.0 Å². The topological polar surface area (TPSA) is 46.5 Å². The van der Waals surface area contributed by atoms with Crippen LogP contribution in [0.15, 0.2) is 10.5 Å². The van der Waals surface area contributed by atoms with Gasteiger partial charge >= 0.3 is 0 Å². The zero-order valence-corrected chi connectivity index (χ0v) is 10.3. The first-order chi connectivity index (χ1) is 7.11. The van der Waals surface area contributed by atoms with Gasteiger partial charge in [0.15, 0.2) is 11.5 Å². The minimum atomic E-state index is 0.117. The van der Waals surface area contributed by atoms with Gasteiger partial charge in [-0.3, -0.25) is 0 Å². The van der Waals surface area contributed by atoms with Gasteiger partial charge in [-0.05, 0) is 40.9 Å². The highest BCUT2D eigenvalue weighted by Gasteiger charge is 2.14. The summed E-state index contributed by atoms with van der Waals surface area (Å²) in [6.07, 6.45) is 1.78. The maximum Gasteiger partial charge on any atom is 0.174 e. The van der Waals surface area contributed by atoms with Gasteiger partial charge in [-0.15, -0.1) is 0 Å². The second-order valence-electron chi connectivity index (χ2n) is 3.24. The molecular weight excluding hydrogens is 260 g/mol. The Morgan fingerprint density at radius 1 is 1.60 bits per heavy atom. The van der Waals surface area contributed by atoms with Crippen LogP contribution in [0.5, 0.6) is 11.5 Å². The molecule has 1 aromatic rings. The van der Waals surface area contributed by atoms with Gasteiger partial charge in [-0.2, -0.15) is 0 Å². The molecule has 0 saturated carbocycles. The summed E-state index contributed by atoms with van der Waals surface area (Å²) >= 11 is 3.31. The summed E-state index contributed by atoms with van der Waals surface area (Å²) in [4.78, 5) is 10.3. The van der Waals surface area contributed by atoms with Crippen LogP contribution in [0, 0.1) is 6.92 Å². The number of carbonyl (C=O) groups excluding carboxylic acids is 1. The maximum absolute atomic E-state index is 10.3. The number of aryl methyl sites for hydroxylation is 1. The number of aromatic hydroxyl groups is 1. The number of phenols is 1. The standard InChI is InChI=1S/C11H13BrO3/c1-7-6-9(12)11(15-2)10(14)8(7)4-3-5-13/h5-6,14H,3-4H2,1-2H3. The molecule has 0 fully saturated rings. The van der Waals surface area contributed by atoms with E-state index in [4.69, 9.17) is 4.74 Å². The molecule has 1 rings (SSSR count). The first kappa shape index (κ1) is 12.0. The number of aldehydes is 1. The minimum Gasteiger partial charge on any atom is -0.504 e. The number of ether oxygens (including phenoxy) is 1. The van der Waals surface area contributed by atoms with Crippen molar-refractivity contribution in [2.75, 3.05) is 7.11 Å². The van der Waals surface area contributed by atoms with Crippen molar-refractivity contribution in [3.05, 3.63) is 21.7 Å². The Bertz CT molecular complexity index is 375. The van der Waals surface area contributed by atoms with Gasteiger partial charge in [0.05, 0.1) is 11.6 Å². The third-order valence-corrected chi connectivity index (χ3v) is 2.84. The fraction of sp³-hybridized carbons (Fsp3) is 0.364. The first-order valence-corrected chi connectivity index (χ1v) is 5.39. The van der Waals surface area contributed by atoms with E-state index in [0.717, 1.165) is 21.9 Å². The maximum atomic E-state index is 10.3. The zero-order chi connectivity index (χ0) is 11.4. The monoisotopic (exact) mass is 272 g/mol. The highest BCUT2D eigenvalue weighted by molar-refractivity contribution is 9.10. The van der Waals surface area contributed by atoms with Gasteiger partial charge in [0.1, 0.15) is 6.29 Å². The number of phenolic OH excluding ortho intramolecular Hbond substituents is 1. The van der Waals surface area contributed by atoms with E-state index in [-0.39, 0.29) is 5.75 Å². The van der Waals surface area contributed by atoms with Crippen LogP contribution in [0.25, 0.3) is 0 Å². The van der Waals surface area contributed by atoms with Crippen molar-refractivity contribution >= 4 is 22.2 Å². The largest absolute Gasteiger partial charge is 0.504 e. The van der Waals surface area contributed by atoms with Crippen molar-refractivity contribution in [1.29, 1.82) is 0 Å². The van der Waals surface area contributed by atoms with E-state index < -0.39 is 0 Å². The average molecular weight is 273 g/mol. The summed E-state index contributed by atoms with van der Waals surface area (Å²) < 4.78 is 5.78. The second kappa shape index (κ2) is 5.16. The van der Waals surface area contributed by atoms with Crippen molar-refractivity contribution in [3.8, 4) is 11.5 Å². The van der Waals surface area contributed by atoms with Crippen LogP contribution in [0.3, 0.4) is 0 Å². The lowest BCUT2D eigenvalue weighted by Gasteiger charge is -2.12. The molecule has 0 aliphatic heterocycles. The Labute approximate surface area is 97.2 Å². The Kier molecular flexibility index (Phi) is 4.15. The summed E-state index contributed by atoms with van der Waals surface area (Å²) in [5, 5.41) is 9.91. The van der Waals surface area contributed by atoms with E-state index in [0.29, 0.717) is 18.6 Å². The van der Waals surface area contributed by atoms with E-state index in [2.05, 4.69) is 15.9 Å². The van der Waals surface area contributed by atoms with Crippen LogP contribution in [-0.2, 0) is 11.2 Å². The molecule has 0 heterocycles. The lowest BCUT2D eigenvalue weighted by molar-refractivity contribution is -0.107. The summed E-state index contributed by atoms with van der Waals surface area (Å²) in [5.74, 6) is 0.535. The summed E-state index contributed by atoms with van der Waals surface area (Å²) in [6.45, 7) is 1.89. The quantitative estimate of drug-likeness (QED) is 0.858. The minimum absolute atomic E-state index is 0.117. The van der Waals surface area contributed by atoms with Crippen molar-refractivity contribution in [2.24, 2.45) is 0 Å². The summed E-state index contributed by atoms with van der Waals surface area (Å²) in [6, 6.07) is 1.87. The molecule has 0 saturated heterocycles. The molecule has 1 N–H and O–H groups in total. The van der Waals surface area contributed by atoms with E-state index >= 15 is 0 Å². The second-order valence-corrected chi connectivity index (χ2v) is 4.10. The molecule has 4 heteroatoms. The Morgan fingerprint density at radius 3 is 2.80 bits per heavy atom. The predicted molar refractivity (Wildman–Crippen MR) is 61.5 cm³/mol. The van der Waals surface area contributed by atoms with Crippen LogP contribution < -0.4 is 4.74 Å². The van der Waals surface area contributed by atoms with E-state index in [1.54, 1.807) is 0 Å². The normalized spacial score (nSPS) is 10.1. The third-order valence-electron chi connectivity index (χ3n) is 2.25. The van der Waals surface area contributed by atoms with Crippen molar-refractivity contribution in [2.45, 2.75) is 19.8 Å². The number of hydrogen-bond acceptors (Lipinski definition) is 3. The highest BCUT2D eigenvalue weighted by atomic mass is 79.9. The van der Waals surface area contributed by atoms with Crippen LogP contribution in [0.1, 0.15) is 17.5 Å². The highest BCUT2D eigenvalue weighted by Crippen LogP contribution is 2.39. The molecule has 82 valence electrons. The van der Waals surface area contributed by atoms with Crippen molar-refractivity contribution < 1.29 is 14.6 Å². The molecule has 0 spiro atoms. The number of benzene rings is 1. The lowest BCUT2D eigenvalue weighted by Crippen LogP contribution is -1.95. The van der Waals surface area contributed by atoms with Crippen LogP contribution in [0.4, 0.5) is 0 Å². The molecule has 0 unspecified atom stereocenters. The molecular formula is C11H13BrO3. The summed E-state index contributed by atoms with van der Waals surface area (Å²) in [7, 11) is 1.50. The molecule has 0 bridgehead atoms. The molecule has 0 atom stereocenters. The van der Waals surface area contributed by atoms with E-state index in [9.17, 15) is 9.90 Å². The Balaban J connectivity index is 3.19. The van der Waals surface area contributed by atoms with Gasteiger partial charge in [-0.25, -0.2) is 0 Å². The van der Waals surface area contributed by atoms with Crippen molar-refractivity contribution in [1.82, 2.24) is 0 Å². The van der Waals surface area contributed by atoms with E-state index in [1.165, 1.54) is 7.11 Å². The number of methoxy groups -OCH3 is 1. The van der Waals surface area contributed by atoms with Crippen LogP contribution in [-0.4, -0.2) is 18.5 Å². The molecule has 0 radical (unpaired) electrons. The molecule has 3 nitrogen and oxygen atoms in total. The third kappa shape index (κ3) is 2.50. The molecule has 1 aromatic carbocycles. The number of hydrogen-bond donors (Lipinski definition) is 1. The lowest BCUT2D eigenvalue weighted by atomic mass is 10.0. The fourth-order valence-corrected chi connectivity index (χ4v) is 2.19. The Hall–Kier alpha value is -1.03. The average Bonchev–Trinajstić information content (AvgIpc) is 2.17. The smallest absolute Gasteiger partial charge is 0.174 e. The first-order valence-electron chi connectivity index (χ1n) is 4.60.